The molecule has 3 heterocycles. The molecule has 0 radical (unpaired) electrons. The Labute approximate surface area is 187 Å². The SMILES string of the molecule is Cn1cnc2c1c(=O)n(CC(=O)Nc1cc(C(C)(C)C)nn1-c1ccc(F)cc1)c(=O)n2C. The maximum absolute atomic E-state index is 13.4. The van der Waals surface area contributed by atoms with Gasteiger partial charge in [0.2, 0.25) is 5.91 Å². The first-order valence-electron chi connectivity index (χ1n) is 10.2. The van der Waals surface area contributed by atoms with Crippen LogP contribution in [0, 0.1) is 5.82 Å². The molecular formula is C22H24FN7O3. The van der Waals surface area contributed by atoms with Crippen LogP contribution in [0.2, 0.25) is 0 Å². The number of nitrogens with zero attached hydrogens (tertiary/aromatic N) is 6. The van der Waals surface area contributed by atoms with E-state index in [4.69, 9.17) is 0 Å². The van der Waals surface area contributed by atoms with Gasteiger partial charge in [0.15, 0.2) is 11.2 Å². The van der Waals surface area contributed by atoms with Gasteiger partial charge in [0.1, 0.15) is 18.2 Å². The number of carbonyl (C=O) groups excluding carboxylic acids is 1. The molecular weight excluding hydrogens is 429 g/mol. The van der Waals surface area contributed by atoms with E-state index in [0.29, 0.717) is 17.2 Å². The van der Waals surface area contributed by atoms with Gasteiger partial charge in [-0.2, -0.15) is 5.10 Å². The normalized spacial score (nSPS) is 11.8. The van der Waals surface area contributed by atoms with Crippen molar-refractivity contribution in [1.29, 1.82) is 0 Å². The molecule has 4 aromatic rings. The molecule has 33 heavy (non-hydrogen) atoms. The minimum atomic E-state index is -0.649. The van der Waals surface area contributed by atoms with Crippen molar-refractivity contribution < 1.29 is 9.18 Å². The van der Waals surface area contributed by atoms with Crippen molar-refractivity contribution in [2.45, 2.75) is 32.7 Å². The largest absolute Gasteiger partial charge is 0.332 e. The lowest BCUT2D eigenvalue weighted by Crippen LogP contribution is -2.42. The molecule has 0 unspecified atom stereocenters. The second-order valence-electron chi connectivity index (χ2n) is 8.86. The van der Waals surface area contributed by atoms with Crippen molar-refractivity contribution >= 4 is 22.9 Å². The van der Waals surface area contributed by atoms with Gasteiger partial charge in [-0.15, -0.1) is 0 Å². The molecule has 0 aliphatic heterocycles. The summed E-state index contributed by atoms with van der Waals surface area (Å²) in [5, 5.41) is 7.30. The quantitative estimate of drug-likeness (QED) is 0.506. The number of hydrogen-bond acceptors (Lipinski definition) is 5. The molecule has 0 spiro atoms. The van der Waals surface area contributed by atoms with E-state index in [1.807, 2.05) is 20.8 Å². The second-order valence-corrected chi connectivity index (χ2v) is 8.86. The lowest BCUT2D eigenvalue weighted by molar-refractivity contribution is -0.116. The minimum Gasteiger partial charge on any atom is -0.328 e. The summed E-state index contributed by atoms with van der Waals surface area (Å²) in [6, 6.07) is 7.39. The highest BCUT2D eigenvalue weighted by atomic mass is 19.1. The molecule has 0 saturated heterocycles. The number of hydrogen-bond donors (Lipinski definition) is 1. The molecule has 11 heteroatoms. The van der Waals surface area contributed by atoms with Crippen LogP contribution in [0.3, 0.4) is 0 Å². The Hall–Kier alpha value is -4.02. The number of aromatic nitrogens is 6. The Kier molecular flexibility index (Phi) is 5.27. The number of rotatable bonds is 4. The molecule has 3 aromatic heterocycles. The zero-order valence-corrected chi connectivity index (χ0v) is 19.0. The average Bonchev–Trinajstić information content (AvgIpc) is 3.34. The molecule has 0 fully saturated rings. The Bertz CT molecular complexity index is 1480. The summed E-state index contributed by atoms with van der Waals surface area (Å²) in [6.07, 6.45) is 1.44. The predicted molar refractivity (Wildman–Crippen MR) is 121 cm³/mol. The van der Waals surface area contributed by atoms with Gasteiger partial charge in [0.05, 0.1) is 17.7 Å². The number of carbonyl (C=O) groups is 1. The van der Waals surface area contributed by atoms with Crippen LogP contribution in [0.25, 0.3) is 16.9 Å². The van der Waals surface area contributed by atoms with Gasteiger partial charge in [0.25, 0.3) is 5.56 Å². The fraction of sp³-hybridized carbons (Fsp3) is 0.318. The minimum absolute atomic E-state index is 0.219. The van der Waals surface area contributed by atoms with Crippen LogP contribution in [-0.2, 0) is 30.8 Å². The van der Waals surface area contributed by atoms with Gasteiger partial charge < -0.3 is 9.88 Å². The zero-order chi connectivity index (χ0) is 24.1. The number of halogens is 1. The van der Waals surface area contributed by atoms with E-state index in [2.05, 4.69) is 15.4 Å². The van der Waals surface area contributed by atoms with Gasteiger partial charge in [-0.25, -0.2) is 23.4 Å². The van der Waals surface area contributed by atoms with Gasteiger partial charge in [-0.05, 0) is 24.3 Å². The maximum Gasteiger partial charge on any atom is 0.332 e. The van der Waals surface area contributed by atoms with Crippen LogP contribution < -0.4 is 16.6 Å². The first-order valence-corrected chi connectivity index (χ1v) is 10.2. The monoisotopic (exact) mass is 453 g/mol. The van der Waals surface area contributed by atoms with Crippen LogP contribution >= 0.6 is 0 Å². The number of imidazole rings is 1. The highest BCUT2D eigenvalue weighted by Crippen LogP contribution is 2.26. The number of aryl methyl sites for hydroxylation is 2. The fourth-order valence-corrected chi connectivity index (χ4v) is 3.48. The summed E-state index contributed by atoms with van der Waals surface area (Å²) in [4.78, 5) is 42.6. The highest BCUT2D eigenvalue weighted by molar-refractivity contribution is 5.90. The lowest BCUT2D eigenvalue weighted by Gasteiger charge is -2.14. The van der Waals surface area contributed by atoms with E-state index in [-0.39, 0.29) is 16.6 Å². The second kappa shape index (κ2) is 7.84. The Morgan fingerprint density at radius 2 is 1.79 bits per heavy atom. The number of nitrogens with one attached hydrogen (secondary N) is 1. The van der Waals surface area contributed by atoms with Crippen molar-refractivity contribution in [2.24, 2.45) is 14.1 Å². The Morgan fingerprint density at radius 1 is 1.12 bits per heavy atom. The average molecular weight is 453 g/mol. The van der Waals surface area contributed by atoms with Crippen LogP contribution in [-0.4, -0.2) is 34.4 Å². The van der Waals surface area contributed by atoms with Gasteiger partial charge in [-0.1, -0.05) is 20.8 Å². The highest BCUT2D eigenvalue weighted by Gasteiger charge is 2.23. The molecule has 0 bridgehead atoms. The van der Waals surface area contributed by atoms with E-state index < -0.39 is 29.5 Å². The summed E-state index contributed by atoms with van der Waals surface area (Å²) < 4.78 is 18.5. The summed E-state index contributed by atoms with van der Waals surface area (Å²) in [6.45, 7) is 5.43. The van der Waals surface area contributed by atoms with Crippen LogP contribution in [0.5, 0.6) is 0 Å². The molecule has 1 N–H and O–H groups in total. The third-order valence-electron chi connectivity index (χ3n) is 5.32. The molecule has 10 nitrogen and oxygen atoms in total. The first kappa shape index (κ1) is 22.2. The molecule has 4 rings (SSSR count). The van der Waals surface area contributed by atoms with Crippen molar-refractivity contribution in [3.8, 4) is 5.69 Å². The van der Waals surface area contributed by atoms with Crippen LogP contribution in [0.15, 0.2) is 46.2 Å². The van der Waals surface area contributed by atoms with Crippen molar-refractivity contribution in [2.75, 3.05) is 5.32 Å². The zero-order valence-electron chi connectivity index (χ0n) is 19.0. The molecule has 0 aliphatic carbocycles. The number of benzene rings is 1. The van der Waals surface area contributed by atoms with E-state index in [0.717, 1.165) is 4.57 Å². The number of amides is 1. The standard InChI is InChI=1S/C22H24FN7O3/c1-22(2,3)15-10-16(30(26-15)14-8-6-13(23)7-9-14)25-17(31)11-29-20(32)18-19(24-12-27(18)4)28(5)21(29)33/h6-10,12H,11H2,1-5H3,(H,25,31). The van der Waals surface area contributed by atoms with Crippen molar-refractivity contribution in [3.05, 3.63) is 69.0 Å². The Morgan fingerprint density at radius 3 is 2.42 bits per heavy atom. The maximum atomic E-state index is 13.4. The predicted octanol–water partition coefficient (Wildman–Crippen LogP) is 1.69. The summed E-state index contributed by atoms with van der Waals surface area (Å²) >= 11 is 0. The van der Waals surface area contributed by atoms with Crippen LogP contribution in [0.4, 0.5) is 10.2 Å². The molecule has 0 aliphatic rings. The van der Waals surface area contributed by atoms with E-state index in [9.17, 15) is 18.8 Å². The van der Waals surface area contributed by atoms with E-state index >= 15 is 0 Å². The molecule has 0 saturated carbocycles. The molecule has 0 atom stereocenters. The molecule has 1 aromatic carbocycles. The Balaban J connectivity index is 1.72. The lowest BCUT2D eigenvalue weighted by atomic mass is 9.92. The number of fused-ring (bicyclic) bond motifs is 1. The summed E-state index contributed by atoms with van der Waals surface area (Å²) in [5.41, 5.74) is 0.138. The summed E-state index contributed by atoms with van der Waals surface area (Å²) in [7, 11) is 3.13. The third kappa shape index (κ3) is 3.97. The van der Waals surface area contributed by atoms with Crippen molar-refractivity contribution in [3.63, 3.8) is 0 Å². The van der Waals surface area contributed by atoms with Gasteiger partial charge in [0, 0.05) is 25.6 Å². The smallest absolute Gasteiger partial charge is 0.328 e. The third-order valence-corrected chi connectivity index (χ3v) is 5.32. The van der Waals surface area contributed by atoms with Crippen molar-refractivity contribution in [1.82, 2.24) is 28.5 Å². The first-order chi connectivity index (χ1) is 15.5. The summed E-state index contributed by atoms with van der Waals surface area (Å²) in [5.74, 6) is -0.643. The van der Waals surface area contributed by atoms with Crippen LogP contribution in [0.1, 0.15) is 26.5 Å². The molecule has 172 valence electrons. The topological polar surface area (TPSA) is 109 Å². The van der Waals surface area contributed by atoms with Gasteiger partial charge in [-0.3, -0.25) is 14.2 Å². The number of anilines is 1. The fourth-order valence-electron chi connectivity index (χ4n) is 3.48. The van der Waals surface area contributed by atoms with E-state index in [1.165, 1.54) is 39.3 Å². The van der Waals surface area contributed by atoms with E-state index in [1.54, 1.807) is 25.2 Å². The molecule has 1 amide bonds. The van der Waals surface area contributed by atoms with Gasteiger partial charge >= 0.3 is 5.69 Å².